The zero-order chi connectivity index (χ0) is 14.0. The Hall–Kier alpha value is -0.720. The largest absolute Gasteiger partial charge is 0.479 e. The number of hydrogen-bond donors (Lipinski definition) is 2. The van der Waals surface area contributed by atoms with Crippen LogP contribution in [0.1, 0.15) is 20.8 Å². The Morgan fingerprint density at radius 2 is 2.26 bits per heavy atom. The van der Waals surface area contributed by atoms with Gasteiger partial charge in [0, 0.05) is 15.9 Å². The van der Waals surface area contributed by atoms with Gasteiger partial charge in [0.05, 0.1) is 5.69 Å². The van der Waals surface area contributed by atoms with E-state index in [0.29, 0.717) is 17.4 Å². The number of fused-ring (bicyclic) bond motifs is 1. The molecule has 0 spiro atoms. The van der Waals surface area contributed by atoms with Crippen LogP contribution in [0, 0.1) is 5.92 Å². The first-order valence-electron chi connectivity index (χ1n) is 6.18. The lowest BCUT2D eigenvalue weighted by atomic mass is 10.2. The normalized spacial score (nSPS) is 17.9. The third-order valence-corrected chi connectivity index (χ3v) is 4.43. The summed E-state index contributed by atoms with van der Waals surface area (Å²) in [5, 5.41) is 2.83. The van der Waals surface area contributed by atoms with E-state index in [2.05, 4.69) is 39.8 Å². The van der Waals surface area contributed by atoms with E-state index in [9.17, 15) is 4.79 Å². The first-order valence-corrected chi connectivity index (χ1v) is 7.79. The molecule has 1 aliphatic heterocycles. The molecule has 2 N–H and O–H groups in total. The molecule has 1 aromatic carbocycles. The molecule has 1 atom stereocenters. The van der Waals surface area contributed by atoms with Gasteiger partial charge in [0.2, 0.25) is 0 Å². The third-order valence-electron chi connectivity index (χ3n) is 2.64. The van der Waals surface area contributed by atoms with E-state index in [-0.39, 0.29) is 5.91 Å². The maximum Gasteiger partial charge on any atom is 0.265 e. The molecule has 1 heterocycles. The van der Waals surface area contributed by atoms with E-state index in [0.717, 1.165) is 15.9 Å². The Balaban J connectivity index is 2.14. The van der Waals surface area contributed by atoms with Crippen LogP contribution < -0.4 is 14.8 Å². The van der Waals surface area contributed by atoms with Crippen molar-refractivity contribution in [2.24, 2.45) is 5.92 Å². The summed E-state index contributed by atoms with van der Waals surface area (Å²) in [6.45, 7) is 7.00. The molecule has 1 aliphatic rings. The average Bonchev–Trinajstić information content (AvgIpc) is 2.32. The summed E-state index contributed by atoms with van der Waals surface area (Å²) < 4.78 is 9.84. The fraction of sp³-hybridized carbons (Fsp3) is 0.462. The molecule has 0 saturated heterocycles. The van der Waals surface area contributed by atoms with Crippen LogP contribution in [0.25, 0.3) is 0 Å². The Morgan fingerprint density at radius 3 is 2.95 bits per heavy atom. The fourth-order valence-electron chi connectivity index (χ4n) is 1.57. The van der Waals surface area contributed by atoms with Gasteiger partial charge in [-0.2, -0.15) is 0 Å². The number of nitrogens with one attached hydrogen (secondary N) is 2. The van der Waals surface area contributed by atoms with Crippen molar-refractivity contribution in [3.05, 3.63) is 16.6 Å². The van der Waals surface area contributed by atoms with Crippen LogP contribution in [-0.2, 0) is 4.79 Å². The van der Waals surface area contributed by atoms with Crippen molar-refractivity contribution < 1.29 is 9.53 Å². The highest BCUT2D eigenvalue weighted by Crippen LogP contribution is 2.38. The zero-order valence-electron chi connectivity index (χ0n) is 11.1. The van der Waals surface area contributed by atoms with Crippen molar-refractivity contribution in [3.63, 3.8) is 0 Å². The van der Waals surface area contributed by atoms with Crippen LogP contribution in [0.4, 0.5) is 5.69 Å². The predicted octanol–water partition coefficient (Wildman–Crippen LogP) is 3.42. The maximum atomic E-state index is 11.5. The summed E-state index contributed by atoms with van der Waals surface area (Å²) >= 11 is 5.07. The molecule has 1 aromatic rings. The van der Waals surface area contributed by atoms with Gasteiger partial charge in [-0.1, -0.05) is 13.8 Å². The van der Waals surface area contributed by atoms with Gasteiger partial charge in [0.25, 0.3) is 5.91 Å². The Bertz CT molecular complexity index is 494. The highest BCUT2D eigenvalue weighted by atomic mass is 79.9. The van der Waals surface area contributed by atoms with Gasteiger partial charge in [0.1, 0.15) is 5.75 Å². The molecule has 19 heavy (non-hydrogen) atoms. The lowest BCUT2D eigenvalue weighted by molar-refractivity contribution is -0.122. The molecular weight excluding hydrogens is 328 g/mol. The summed E-state index contributed by atoms with van der Waals surface area (Å²) in [7, 11) is 0. The van der Waals surface area contributed by atoms with E-state index in [1.807, 2.05) is 12.1 Å². The highest BCUT2D eigenvalue weighted by Gasteiger charge is 2.24. The summed E-state index contributed by atoms with van der Waals surface area (Å²) in [6, 6.07) is 3.81. The van der Waals surface area contributed by atoms with Crippen LogP contribution in [0.2, 0.25) is 0 Å². The number of benzene rings is 1. The smallest absolute Gasteiger partial charge is 0.265 e. The van der Waals surface area contributed by atoms with Crippen molar-refractivity contribution in [1.82, 2.24) is 4.72 Å². The molecule has 0 fully saturated rings. The van der Waals surface area contributed by atoms with Crippen molar-refractivity contribution >= 4 is 39.5 Å². The van der Waals surface area contributed by atoms with Crippen molar-refractivity contribution in [1.29, 1.82) is 0 Å². The van der Waals surface area contributed by atoms with Crippen LogP contribution in [0.5, 0.6) is 5.75 Å². The van der Waals surface area contributed by atoms with Gasteiger partial charge >= 0.3 is 0 Å². The van der Waals surface area contributed by atoms with Gasteiger partial charge in [-0.05, 0) is 52.9 Å². The average molecular weight is 345 g/mol. The minimum absolute atomic E-state index is 0.113. The maximum absolute atomic E-state index is 11.5. The number of halogens is 1. The SMILES string of the molecule is CC(C)CNSc1cc2c(cc1Br)NC(=O)C(C)O2. The monoisotopic (exact) mass is 344 g/mol. The second-order valence-electron chi connectivity index (χ2n) is 4.87. The lowest BCUT2D eigenvalue weighted by Gasteiger charge is -2.24. The summed E-state index contributed by atoms with van der Waals surface area (Å²) in [5.74, 6) is 1.20. The number of carbonyl (C=O) groups is 1. The van der Waals surface area contributed by atoms with Gasteiger partial charge in [-0.3, -0.25) is 9.52 Å². The molecule has 0 bridgehead atoms. The van der Waals surface area contributed by atoms with E-state index in [4.69, 9.17) is 4.74 Å². The topological polar surface area (TPSA) is 50.4 Å². The highest BCUT2D eigenvalue weighted by molar-refractivity contribution is 9.10. The number of rotatable bonds is 4. The molecule has 6 heteroatoms. The minimum atomic E-state index is -0.449. The second kappa shape index (κ2) is 6.15. The number of anilines is 1. The molecule has 2 rings (SSSR count). The number of ether oxygens (including phenoxy) is 1. The molecule has 0 saturated carbocycles. The minimum Gasteiger partial charge on any atom is -0.479 e. The fourth-order valence-corrected chi connectivity index (χ4v) is 3.05. The van der Waals surface area contributed by atoms with E-state index in [1.165, 1.54) is 0 Å². The zero-order valence-corrected chi connectivity index (χ0v) is 13.5. The lowest BCUT2D eigenvalue weighted by Crippen LogP contribution is -2.34. The van der Waals surface area contributed by atoms with Crippen LogP contribution >= 0.6 is 27.9 Å². The Labute approximate surface area is 125 Å². The Morgan fingerprint density at radius 1 is 1.53 bits per heavy atom. The predicted molar refractivity (Wildman–Crippen MR) is 81.6 cm³/mol. The molecule has 0 radical (unpaired) electrons. The number of carbonyl (C=O) groups excluding carboxylic acids is 1. The van der Waals surface area contributed by atoms with E-state index >= 15 is 0 Å². The second-order valence-corrected chi connectivity index (χ2v) is 6.66. The van der Waals surface area contributed by atoms with Gasteiger partial charge in [-0.25, -0.2) is 0 Å². The number of amides is 1. The first kappa shape index (κ1) is 14.7. The van der Waals surface area contributed by atoms with Gasteiger partial charge in [0.15, 0.2) is 6.10 Å². The molecule has 4 nitrogen and oxygen atoms in total. The van der Waals surface area contributed by atoms with E-state index < -0.39 is 6.10 Å². The molecule has 1 amide bonds. The molecule has 0 aromatic heterocycles. The standard InChI is InChI=1S/C13H17BrN2O2S/c1-7(2)6-15-19-12-5-11-10(4-9(12)14)16-13(17)8(3)18-11/h4-5,7-8,15H,6H2,1-3H3,(H,16,17). The van der Waals surface area contributed by atoms with Crippen molar-refractivity contribution in [2.75, 3.05) is 11.9 Å². The van der Waals surface area contributed by atoms with Crippen LogP contribution in [-0.4, -0.2) is 18.6 Å². The Kier molecular flexibility index (Phi) is 4.76. The molecule has 0 aliphatic carbocycles. The summed E-state index contributed by atoms with van der Waals surface area (Å²) in [4.78, 5) is 12.6. The summed E-state index contributed by atoms with van der Waals surface area (Å²) in [5.41, 5.74) is 0.711. The number of hydrogen-bond acceptors (Lipinski definition) is 4. The van der Waals surface area contributed by atoms with Crippen molar-refractivity contribution in [2.45, 2.75) is 31.8 Å². The summed E-state index contributed by atoms with van der Waals surface area (Å²) in [6.07, 6.45) is -0.449. The van der Waals surface area contributed by atoms with Crippen LogP contribution in [0.3, 0.4) is 0 Å². The molecule has 1 unspecified atom stereocenters. The van der Waals surface area contributed by atoms with Gasteiger partial charge < -0.3 is 10.1 Å². The van der Waals surface area contributed by atoms with Crippen LogP contribution in [0.15, 0.2) is 21.5 Å². The molecular formula is C13H17BrN2O2S. The quantitative estimate of drug-likeness (QED) is 0.821. The van der Waals surface area contributed by atoms with E-state index in [1.54, 1.807) is 18.9 Å². The van der Waals surface area contributed by atoms with Crippen molar-refractivity contribution in [3.8, 4) is 5.75 Å². The van der Waals surface area contributed by atoms with Gasteiger partial charge in [-0.15, -0.1) is 0 Å². The third kappa shape index (κ3) is 3.64. The first-order chi connectivity index (χ1) is 8.97. The molecule has 104 valence electrons.